The van der Waals surface area contributed by atoms with Gasteiger partial charge in [0.1, 0.15) is 11.6 Å². The fourth-order valence-electron chi connectivity index (χ4n) is 4.61. The number of anilines is 1. The largest absolute Gasteiger partial charge is 0.343 e. The first kappa shape index (κ1) is 21.4. The number of likely N-dealkylation sites (tertiary alicyclic amines) is 1. The zero-order valence-electron chi connectivity index (χ0n) is 17.9. The number of aryl methyl sites for hydroxylation is 1. The third-order valence-corrected chi connectivity index (χ3v) is 6.50. The number of carbonyl (C=O) groups is 2. The van der Waals surface area contributed by atoms with E-state index in [2.05, 4.69) is 15.3 Å². The Morgan fingerprint density at radius 3 is 2.42 bits per heavy atom. The summed E-state index contributed by atoms with van der Waals surface area (Å²) in [6.45, 7) is 3.28. The Morgan fingerprint density at radius 2 is 1.77 bits per heavy atom. The highest BCUT2D eigenvalue weighted by Crippen LogP contribution is 2.30. The van der Waals surface area contributed by atoms with E-state index in [1.165, 1.54) is 49.9 Å². The molecule has 1 aliphatic heterocycles. The second-order valence-corrected chi connectivity index (χ2v) is 8.70. The number of benzene rings is 1. The SMILES string of the molecule is Cc1nc(C2CCN(C(=O)CC3CCCC3)CC2)ncc1C(=O)Nc1ccc(F)cc1. The molecular formula is C24H29FN4O2. The van der Waals surface area contributed by atoms with Crippen molar-refractivity contribution in [1.29, 1.82) is 0 Å². The third kappa shape index (κ3) is 5.27. The van der Waals surface area contributed by atoms with Gasteiger partial charge in [-0.15, -0.1) is 0 Å². The molecule has 1 aliphatic carbocycles. The van der Waals surface area contributed by atoms with Crippen molar-refractivity contribution in [3.63, 3.8) is 0 Å². The molecule has 1 aromatic heterocycles. The fourth-order valence-corrected chi connectivity index (χ4v) is 4.61. The summed E-state index contributed by atoms with van der Waals surface area (Å²) in [6.07, 6.45) is 8.84. The molecule has 1 saturated carbocycles. The first-order valence-electron chi connectivity index (χ1n) is 11.2. The molecule has 1 N–H and O–H groups in total. The van der Waals surface area contributed by atoms with Crippen LogP contribution < -0.4 is 5.32 Å². The minimum Gasteiger partial charge on any atom is -0.343 e. The van der Waals surface area contributed by atoms with Crippen LogP contribution in [0, 0.1) is 18.7 Å². The van der Waals surface area contributed by atoms with E-state index in [0.717, 1.165) is 31.8 Å². The Kier molecular flexibility index (Phi) is 6.59. The zero-order valence-corrected chi connectivity index (χ0v) is 17.9. The lowest BCUT2D eigenvalue weighted by atomic mass is 9.94. The van der Waals surface area contributed by atoms with Gasteiger partial charge in [0.2, 0.25) is 5.91 Å². The molecule has 0 atom stereocenters. The average Bonchev–Trinajstić information content (AvgIpc) is 3.28. The molecule has 6 nitrogen and oxygen atoms in total. The molecule has 4 rings (SSSR count). The fraction of sp³-hybridized carbons (Fsp3) is 0.500. The van der Waals surface area contributed by atoms with Crippen LogP contribution >= 0.6 is 0 Å². The molecule has 2 amide bonds. The predicted octanol–water partition coefficient (Wildman–Crippen LogP) is 4.46. The molecule has 0 radical (unpaired) electrons. The number of halogens is 1. The van der Waals surface area contributed by atoms with E-state index in [1.807, 2.05) is 4.90 Å². The Balaban J connectivity index is 1.33. The molecule has 2 aromatic rings. The van der Waals surface area contributed by atoms with Gasteiger partial charge in [-0.25, -0.2) is 14.4 Å². The Labute approximate surface area is 182 Å². The Bertz CT molecular complexity index is 933. The van der Waals surface area contributed by atoms with E-state index >= 15 is 0 Å². The van der Waals surface area contributed by atoms with Crippen LogP contribution in [0.4, 0.5) is 10.1 Å². The van der Waals surface area contributed by atoms with Gasteiger partial charge in [-0.05, 0) is 62.8 Å². The molecule has 0 bridgehead atoms. The first-order chi connectivity index (χ1) is 15.0. The van der Waals surface area contributed by atoms with Crippen LogP contribution in [-0.2, 0) is 4.79 Å². The number of hydrogen-bond donors (Lipinski definition) is 1. The summed E-state index contributed by atoms with van der Waals surface area (Å²) in [7, 11) is 0. The van der Waals surface area contributed by atoms with Crippen molar-refractivity contribution in [2.45, 2.75) is 57.8 Å². The summed E-state index contributed by atoms with van der Waals surface area (Å²) in [5, 5.41) is 2.74. The van der Waals surface area contributed by atoms with Gasteiger partial charge in [0, 0.05) is 37.3 Å². The molecule has 164 valence electrons. The van der Waals surface area contributed by atoms with Crippen molar-refractivity contribution >= 4 is 17.5 Å². The first-order valence-corrected chi connectivity index (χ1v) is 11.2. The highest BCUT2D eigenvalue weighted by molar-refractivity contribution is 6.04. The van der Waals surface area contributed by atoms with Gasteiger partial charge < -0.3 is 10.2 Å². The van der Waals surface area contributed by atoms with Gasteiger partial charge in [-0.1, -0.05) is 12.8 Å². The Hall–Kier alpha value is -2.83. The minimum atomic E-state index is -0.354. The maximum absolute atomic E-state index is 13.0. The predicted molar refractivity (Wildman–Crippen MR) is 116 cm³/mol. The molecule has 0 spiro atoms. The van der Waals surface area contributed by atoms with Gasteiger partial charge in [0.05, 0.1) is 11.3 Å². The quantitative estimate of drug-likeness (QED) is 0.769. The molecule has 2 heterocycles. The lowest BCUT2D eigenvalue weighted by Crippen LogP contribution is -2.38. The van der Waals surface area contributed by atoms with Crippen molar-refractivity contribution in [1.82, 2.24) is 14.9 Å². The summed E-state index contributed by atoms with van der Waals surface area (Å²) >= 11 is 0. The van der Waals surface area contributed by atoms with Crippen LogP contribution in [0.1, 0.15) is 72.7 Å². The third-order valence-electron chi connectivity index (χ3n) is 6.50. The van der Waals surface area contributed by atoms with Gasteiger partial charge in [-0.3, -0.25) is 9.59 Å². The maximum Gasteiger partial charge on any atom is 0.259 e. The molecule has 1 aromatic carbocycles. The molecule has 0 unspecified atom stereocenters. The second kappa shape index (κ2) is 9.54. The van der Waals surface area contributed by atoms with Crippen molar-refractivity contribution in [2.24, 2.45) is 5.92 Å². The summed E-state index contributed by atoms with van der Waals surface area (Å²) in [6, 6.07) is 5.62. The molecule has 31 heavy (non-hydrogen) atoms. The number of nitrogens with one attached hydrogen (secondary N) is 1. The maximum atomic E-state index is 13.0. The van der Waals surface area contributed by atoms with Crippen LogP contribution in [0.2, 0.25) is 0 Å². The van der Waals surface area contributed by atoms with Crippen LogP contribution in [0.25, 0.3) is 0 Å². The average molecular weight is 425 g/mol. The van der Waals surface area contributed by atoms with Crippen molar-refractivity contribution in [3.8, 4) is 0 Å². The van der Waals surface area contributed by atoms with E-state index in [-0.39, 0.29) is 23.5 Å². The van der Waals surface area contributed by atoms with Crippen molar-refractivity contribution < 1.29 is 14.0 Å². The topological polar surface area (TPSA) is 75.2 Å². The number of amides is 2. The number of nitrogens with zero attached hydrogens (tertiary/aromatic N) is 3. The summed E-state index contributed by atoms with van der Waals surface area (Å²) < 4.78 is 13.0. The van der Waals surface area contributed by atoms with Crippen LogP contribution in [-0.4, -0.2) is 39.8 Å². The summed E-state index contributed by atoms with van der Waals surface area (Å²) in [4.78, 5) is 36.1. The molecule has 2 fully saturated rings. The zero-order chi connectivity index (χ0) is 21.8. The van der Waals surface area contributed by atoms with E-state index in [0.29, 0.717) is 29.3 Å². The summed E-state index contributed by atoms with van der Waals surface area (Å²) in [5.74, 6) is 1.12. The van der Waals surface area contributed by atoms with E-state index in [9.17, 15) is 14.0 Å². The highest BCUT2D eigenvalue weighted by atomic mass is 19.1. The van der Waals surface area contributed by atoms with Crippen LogP contribution in [0.3, 0.4) is 0 Å². The van der Waals surface area contributed by atoms with E-state index < -0.39 is 0 Å². The second-order valence-electron chi connectivity index (χ2n) is 8.70. The lowest BCUT2D eigenvalue weighted by molar-refractivity contribution is -0.133. The number of rotatable bonds is 5. The van der Waals surface area contributed by atoms with Crippen molar-refractivity contribution in [3.05, 3.63) is 53.4 Å². The highest BCUT2D eigenvalue weighted by Gasteiger charge is 2.28. The number of piperidine rings is 1. The molecule has 2 aliphatic rings. The summed E-state index contributed by atoms with van der Waals surface area (Å²) in [5.41, 5.74) is 1.53. The normalized spacial score (nSPS) is 17.7. The standard InChI is InChI=1S/C24H29FN4O2/c1-16-21(24(31)28-20-8-6-19(25)7-9-20)15-26-23(27-16)18-10-12-29(13-11-18)22(30)14-17-4-2-3-5-17/h6-9,15,17-18H,2-5,10-14H2,1H3,(H,28,31). The van der Waals surface area contributed by atoms with Gasteiger partial charge >= 0.3 is 0 Å². The Morgan fingerprint density at radius 1 is 1.10 bits per heavy atom. The minimum absolute atomic E-state index is 0.198. The van der Waals surface area contributed by atoms with E-state index in [4.69, 9.17) is 0 Å². The van der Waals surface area contributed by atoms with Gasteiger partial charge in [0.25, 0.3) is 5.91 Å². The number of aromatic nitrogens is 2. The van der Waals surface area contributed by atoms with E-state index in [1.54, 1.807) is 13.1 Å². The van der Waals surface area contributed by atoms with Crippen LogP contribution in [0.5, 0.6) is 0 Å². The number of hydrogen-bond acceptors (Lipinski definition) is 4. The van der Waals surface area contributed by atoms with Crippen molar-refractivity contribution in [2.75, 3.05) is 18.4 Å². The van der Waals surface area contributed by atoms with Crippen LogP contribution in [0.15, 0.2) is 30.5 Å². The molecule has 1 saturated heterocycles. The van der Waals surface area contributed by atoms with Gasteiger partial charge in [0.15, 0.2) is 0 Å². The monoisotopic (exact) mass is 424 g/mol. The number of carbonyl (C=O) groups excluding carboxylic acids is 2. The lowest BCUT2D eigenvalue weighted by Gasteiger charge is -2.32. The van der Waals surface area contributed by atoms with Gasteiger partial charge in [-0.2, -0.15) is 0 Å². The molecule has 7 heteroatoms. The smallest absolute Gasteiger partial charge is 0.259 e. The molecular weight excluding hydrogens is 395 g/mol.